The Kier molecular flexibility index (Phi) is 4.37. The van der Waals surface area contributed by atoms with E-state index in [9.17, 15) is 0 Å². The Morgan fingerprint density at radius 3 is 2.71 bits per heavy atom. The van der Waals surface area contributed by atoms with E-state index in [0.717, 1.165) is 5.56 Å². The SMILES string of the molecule is NC(=S)NN=C/C=C/c1ccccc1. The van der Waals surface area contributed by atoms with E-state index in [1.54, 1.807) is 12.3 Å². The topological polar surface area (TPSA) is 50.4 Å². The second kappa shape index (κ2) is 5.88. The van der Waals surface area contributed by atoms with Gasteiger partial charge in [0, 0.05) is 6.21 Å². The van der Waals surface area contributed by atoms with Crippen LogP contribution in [0.1, 0.15) is 5.56 Å². The van der Waals surface area contributed by atoms with E-state index in [-0.39, 0.29) is 5.11 Å². The van der Waals surface area contributed by atoms with Gasteiger partial charge in [0.15, 0.2) is 5.11 Å². The minimum Gasteiger partial charge on any atom is -0.375 e. The monoisotopic (exact) mass is 205 g/mol. The molecule has 14 heavy (non-hydrogen) atoms. The van der Waals surface area contributed by atoms with E-state index in [1.807, 2.05) is 36.4 Å². The van der Waals surface area contributed by atoms with E-state index >= 15 is 0 Å². The minimum absolute atomic E-state index is 0.161. The van der Waals surface area contributed by atoms with Gasteiger partial charge in [-0.05, 0) is 23.9 Å². The molecule has 0 heterocycles. The zero-order valence-corrected chi connectivity index (χ0v) is 8.37. The van der Waals surface area contributed by atoms with Crippen molar-refractivity contribution in [1.82, 2.24) is 5.43 Å². The lowest BCUT2D eigenvalue weighted by Gasteiger charge is -1.91. The molecule has 0 radical (unpaired) electrons. The highest BCUT2D eigenvalue weighted by molar-refractivity contribution is 7.80. The number of hydrogen-bond acceptors (Lipinski definition) is 2. The molecule has 0 bridgehead atoms. The van der Waals surface area contributed by atoms with Crippen LogP contribution < -0.4 is 11.2 Å². The lowest BCUT2D eigenvalue weighted by molar-refractivity contribution is 1.04. The number of nitrogens with zero attached hydrogens (tertiary/aromatic N) is 1. The molecule has 0 unspecified atom stereocenters. The average molecular weight is 205 g/mol. The number of hydrazone groups is 1. The molecule has 0 aromatic heterocycles. The van der Waals surface area contributed by atoms with Crippen molar-refractivity contribution in [3.05, 3.63) is 42.0 Å². The summed E-state index contributed by atoms with van der Waals surface area (Å²) in [6.45, 7) is 0. The molecule has 3 nitrogen and oxygen atoms in total. The fourth-order valence-corrected chi connectivity index (χ4v) is 0.915. The highest BCUT2D eigenvalue weighted by atomic mass is 32.1. The molecule has 0 spiro atoms. The molecule has 0 atom stereocenters. The summed E-state index contributed by atoms with van der Waals surface area (Å²) in [5.74, 6) is 0. The van der Waals surface area contributed by atoms with Crippen LogP contribution in [0.4, 0.5) is 0 Å². The summed E-state index contributed by atoms with van der Waals surface area (Å²) in [6, 6.07) is 9.94. The second-order valence-electron chi connectivity index (χ2n) is 2.52. The van der Waals surface area contributed by atoms with E-state index in [1.165, 1.54) is 0 Å². The molecule has 0 saturated heterocycles. The fraction of sp³-hybridized carbons (Fsp3) is 0. The Morgan fingerprint density at radius 2 is 2.07 bits per heavy atom. The number of benzene rings is 1. The first-order valence-corrected chi connectivity index (χ1v) is 4.50. The highest BCUT2D eigenvalue weighted by Gasteiger charge is 1.80. The van der Waals surface area contributed by atoms with Gasteiger partial charge < -0.3 is 5.73 Å². The average Bonchev–Trinajstić information content (AvgIpc) is 2.18. The van der Waals surface area contributed by atoms with Gasteiger partial charge in [0.05, 0.1) is 0 Å². The van der Waals surface area contributed by atoms with Crippen LogP contribution in [0.5, 0.6) is 0 Å². The molecule has 0 aliphatic heterocycles. The molecular formula is C10H11N3S. The van der Waals surface area contributed by atoms with Crippen molar-refractivity contribution in [3.8, 4) is 0 Å². The van der Waals surface area contributed by atoms with Gasteiger partial charge in [0.2, 0.25) is 0 Å². The van der Waals surface area contributed by atoms with E-state index < -0.39 is 0 Å². The Balaban J connectivity index is 2.42. The summed E-state index contributed by atoms with van der Waals surface area (Å²) in [5.41, 5.74) is 8.75. The van der Waals surface area contributed by atoms with Crippen LogP contribution in [0.3, 0.4) is 0 Å². The molecule has 1 aromatic carbocycles. The smallest absolute Gasteiger partial charge is 0.184 e. The maximum Gasteiger partial charge on any atom is 0.184 e. The van der Waals surface area contributed by atoms with Crippen LogP contribution >= 0.6 is 12.2 Å². The predicted octanol–water partition coefficient (Wildman–Crippen LogP) is 1.52. The first-order valence-electron chi connectivity index (χ1n) is 4.09. The second-order valence-corrected chi connectivity index (χ2v) is 2.96. The van der Waals surface area contributed by atoms with Gasteiger partial charge >= 0.3 is 0 Å². The Hall–Kier alpha value is -1.68. The van der Waals surface area contributed by atoms with Crippen molar-refractivity contribution in [3.63, 3.8) is 0 Å². The lowest BCUT2D eigenvalue weighted by Crippen LogP contribution is -2.23. The van der Waals surface area contributed by atoms with Crippen LogP contribution in [-0.2, 0) is 0 Å². The van der Waals surface area contributed by atoms with Gasteiger partial charge in [0.25, 0.3) is 0 Å². The molecular weight excluding hydrogens is 194 g/mol. The molecule has 72 valence electrons. The number of hydrogen-bond donors (Lipinski definition) is 2. The normalized spacial score (nSPS) is 10.9. The van der Waals surface area contributed by atoms with Gasteiger partial charge in [-0.2, -0.15) is 5.10 Å². The molecule has 1 rings (SSSR count). The number of rotatable bonds is 3. The molecule has 0 fully saturated rings. The van der Waals surface area contributed by atoms with Crippen molar-refractivity contribution >= 4 is 29.6 Å². The van der Waals surface area contributed by atoms with Crippen molar-refractivity contribution < 1.29 is 0 Å². The van der Waals surface area contributed by atoms with Crippen LogP contribution in [0.2, 0.25) is 0 Å². The maximum atomic E-state index is 5.17. The third kappa shape index (κ3) is 4.37. The maximum absolute atomic E-state index is 5.17. The van der Waals surface area contributed by atoms with Crippen molar-refractivity contribution in [2.24, 2.45) is 10.8 Å². The fourth-order valence-electron chi connectivity index (χ4n) is 0.862. The summed E-state index contributed by atoms with van der Waals surface area (Å²) in [4.78, 5) is 0. The molecule has 3 N–H and O–H groups in total. The van der Waals surface area contributed by atoms with E-state index in [0.29, 0.717) is 0 Å². The molecule has 1 aromatic rings. The summed E-state index contributed by atoms with van der Waals surface area (Å²) in [6.07, 6.45) is 5.33. The lowest BCUT2D eigenvalue weighted by atomic mass is 10.2. The quantitative estimate of drug-likeness (QED) is 0.447. The van der Waals surface area contributed by atoms with E-state index in [2.05, 4.69) is 22.7 Å². The summed E-state index contributed by atoms with van der Waals surface area (Å²) in [5, 5.41) is 3.92. The summed E-state index contributed by atoms with van der Waals surface area (Å²) in [7, 11) is 0. The van der Waals surface area contributed by atoms with Crippen LogP contribution in [0, 0.1) is 0 Å². The van der Waals surface area contributed by atoms with Gasteiger partial charge in [-0.25, -0.2) is 0 Å². The van der Waals surface area contributed by atoms with Gasteiger partial charge in [0.1, 0.15) is 0 Å². The number of thiocarbonyl (C=S) groups is 1. The number of nitrogens with two attached hydrogens (primary N) is 1. The molecule has 0 aliphatic carbocycles. The first-order chi connectivity index (χ1) is 6.79. The standard InChI is InChI=1S/C10H11N3S/c11-10(14)13-12-8-4-7-9-5-2-1-3-6-9/h1-8H,(H3,11,13,14)/b7-4+,12-8?. The Labute approximate surface area is 88.3 Å². The third-order valence-corrected chi connectivity index (χ3v) is 1.51. The zero-order valence-electron chi connectivity index (χ0n) is 7.55. The van der Waals surface area contributed by atoms with E-state index in [4.69, 9.17) is 5.73 Å². The summed E-state index contributed by atoms with van der Waals surface area (Å²) < 4.78 is 0. The minimum atomic E-state index is 0.161. The number of nitrogens with one attached hydrogen (secondary N) is 1. The van der Waals surface area contributed by atoms with Crippen molar-refractivity contribution in [1.29, 1.82) is 0 Å². The number of allylic oxidation sites excluding steroid dienone is 1. The summed E-state index contributed by atoms with van der Waals surface area (Å²) >= 11 is 4.57. The molecule has 0 amide bonds. The molecule has 0 aliphatic rings. The van der Waals surface area contributed by atoms with Crippen molar-refractivity contribution in [2.45, 2.75) is 0 Å². The zero-order chi connectivity index (χ0) is 10.2. The Morgan fingerprint density at radius 1 is 1.36 bits per heavy atom. The van der Waals surface area contributed by atoms with Crippen LogP contribution in [0.15, 0.2) is 41.5 Å². The van der Waals surface area contributed by atoms with Gasteiger partial charge in [-0.15, -0.1) is 0 Å². The van der Waals surface area contributed by atoms with Gasteiger partial charge in [-0.3, -0.25) is 5.43 Å². The predicted molar refractivity (Wildman–Crippen MR) is 63.9 cm³/mol. The molecule has 4 heteroatoms. The van der Waals surface area contributed by atoms with Crippen LogP contribution in [-0.4, -0.2) is 11.3 Å². The third-order valence-electron chi connectivity index (χ3n) is 1.42. The largest absolute Gasteiger partial charge is 0.375 e. The molecule has 0 saturated carbocycles. The van der Waals surface area contributed by atoms with Crippen molar-refractivity contribution in [2.75, 3.05) is 0 Å². The van der Waals surface area contributed by atoms with Crippen LogP contribution in [0.25, 0.3) is 6.08 Å². The Bertz CT molecular complexity index is 344. The highest BCUT2D eigenvalue weighted by Crippen LogP contribution is 1.99. The first kappa shape index (κ1) is 10.4. The van der Waals surface area contributed by atoms with Gasteiger partial charge in [-0.1, -0.05) is 36.4 Å².